The molecule has 0 atom stereocenters. The number of rotatable bonds is 7. The molecule has 0 aromatic heterocycles. The van der Waals surface area contributed by atoms with Crippen LogP contribution in [0.4, 0.5) is 0 Å². The fourth-order valence-corrected chi connectivity index (χ4v) is 2.37. The topological polar surface area (TPSA) is 47.6 Å². The molecule has 0 saturated heterocycles. The van der Waals surface area contributed by atoms with E-state index in [0.29, 0.717) is 18.5 Å². The van der Waals surface area contributed by atoms with Crippen molar-refractivity contribution < 1.29 is 14.3 Å². The molecule has 1 N–H and O–H groups in total. The van der Waals surface area contributed by atoms with Crippen LogP contribution in [0.3, 0.4) is 0 Å². The van der Waals surface area contributed by atoms with Gasteiger partial charge in [0.2, 0.25) is 5.91 Å². The number of benzene rings is 2. The lowest BCUT2D eigenvalue weighted by Crippen LogP contribution is -2.26. The van der Waals surface area contributed by atoms with Crippen LogP contribution in [-0.4, -0.2) is 26.7 Å². The van der Waals surface area contributed by atoms with E-state index in [4.69, 9.17) is 9.47 Å². The van der Waals surface area contributed by atoms with Crippen LogP contribution in [0.25, 0.3) is 6.08 Å². The molecule has 0 unspecified atom stereocenters. The number of hydrogen-bond acceptors (Lipinski definition) is 3. The standard InChI is InChI=1S/C20H23NO3/c1-15(13-16-7-5-4-6-8-16)20(22)21-12-11-17-9-10-18(23-2)14-19(17)24-3/h4-10,13-14H,11-12H2,1-3H3,(H,21,22)/b15-13+. The molecule has 0 radical (unpaired) electrons. The predicted molar refractivity (Wildman–Crippen MR) is 96.4 cm³/mol. The Morgan fingerprint density at radius 3 is 2.50 bits per heavy atom. The van der Waals surface area contributed by atoms with Gasteiger partial charge in [-0.2, -0.15) is 0 Å². The molecule has 0 spiro atoms. The number of carbonyl (C=O) groups is 1. The lowest BCUT2D eigenvalue weighted by molar-refractivity contribution is -0.117. The monoisotopic (exact) mass is 325 g/mol. The normalized spacial score (nSPS) is 11.0. The summed E-state index contributed by atoms with van der Waals surface area (Å²) in [5.74, 6) is 1.45. The maximum absolute atomic E-state index is 12.2. The minimum atomic E-state index is -0.0636. The van der Waals surface area contributed by atoms with Gasteiger partial charge in [0, 0.05) is 18.2 Å². The van der Waals surface area contributed by atoms with Gasteiger partial charge in [0.05, 0.1) is 14.2 Å². The second-order valence-electron chi connectivity index (χ2n) is 5.42. The summed E-state index contributed by atoms with van der Waals surface area (Å²) in [5.41, 5.74) is 2.73. The van der Waals surface area contributed by atoms with Crippen molar-refractivity contribution in [3.05, 3.63) is 65.2 Å². The fraction of sp³-hybridized carbons (Fsp3) is 0.250. The molecule has 2 rings (SSSR count). The third-order valence-corrected chi connectivity index (χ3v) is 3.72. The van der Waals surface area contributed by atoms with Gasteiger partial charge in [-0.3, -0.25) is 4.79 Å². The van der Waals surface area contributed by atoms with Crippen molar-refractivity contribution >= 4 is 12.0 Å². The first kappa shape index (κ1) is 17.6. The van der Waals surface area contributed by atoms with Crippen molar-refractivity contribution in [2.75, 3.05) is 20.8 Å². The van der Waals surface area contributed by atoms with Gasteiger partial charge in [0.1, 0.15) is 11.5 Å². The first-order chi connectivity index (χ1) is 11.6. The minimum absolute atomic E-state index is 0.0636. The van der Waals surface area contributed by atoms with Crippen molar-refractivity contribution in [2.45, 2.75) is 13.3 Å². The third kappa shape index (κ3) is 4.88. The highest BCUT2D eigenvalue weighted by Crippen LogP contribution is 2.24. The number of carbonyl (C=O) groups excluding carboxylic acids is 1. The lowest BCUT2D eigenvalue weighted by Gasteiger charge is -2.11. The number of nitrogens with one attached hydrogen (secondary N) is 1. The molecule has 0 saturated carbocycles. The second-order valence-corrected chi connectivity index (χ2v) is 5.42. The highest BCUT2D eigenvalue weighted by atomic mass is 16.5. The summed E-state index contributed by atoms with van der Waals surface area (Å²) >= 11 is 0. The summed E-state index contributed by atoms with van der Waals surface area (Å²) in [6.07, 6.45) is 2.57. The van der Waals surface area contributed by atoms with E-state index in [9.17, 15) is 4.79 Å². The molecule has 0 fully saturated rings. The molecule has 2 aromatic rings. The Morgan fingerprint density at radius 2 is 1.83 bits per heavy atom. The molecule has 0 heterocycles. The smallest absolute Gasteiger partial charge is 0.246 e. The van der Waals surface area contributed by atoms with E-state index in [1.54, 1.807) is 14.2 Å². The van der Waals surface area contributed by atoms with Gasteiger partial charge in [-0.05, 0) is 36.6 Å². The van der Waals surface area contributed by atoms with Gasteiger partial charge in [0.25, 0.3) is 0 Å². The van der Waals surface area contributed by atoms with Gasteiger partial charge >= 0.3 is 0 Å². The Morgan fingerprint density at radius 1 is 1.08 bits per heavy atom. The summed E-state index contributed by atoms with van der Waals surface area (Å²) in [4.78, 5) is 12.2. The predicted octanol–water partition coefficient (Wildman–Crippen LogP) is 3.47. The first-order valence-electron chi connectivity index (χ1n) is 7.86. The number of amides is 1. The average molecular weight is 325 g/mol. The summed E-state index contributed by atoms with van der Waals surface area (Å²) in [6.45, 7) is 2.36. The summed E-state index contributed by atoms with van der Waals surface area (Å²) in [7, 11) is 3.25. The summed E-state index contributed by atoms with van der Waals surface area (Å²) < 4.78 is 10.6. The molecule has 2 aromatic carbocycles. The zero-order valence-electron chi connectivity index (χ0n) is 14.3. The molecular weight excluding hydrogens is 302 g/mol. The Balaban J connectivity index is 1.92. The molecule has 1 amide bonds. The molecule has 0 aliphatic carbocycles. The fourth-order valence-electron chi connectivity index (χ4n) is 2.37. The number of ether oxygens (including phenoxy) is 2. The molecule has 126 valence electrons. The zero-order chi connectivity index (χ0) is 17.4. The molecule has 24 heavy (non-hydrogen) atoms. The molecule has 4 heteroatoms. The van der Waals surface area contributed by atoms with Gasteiger partial charge < -0.3 is 14.8 Å². The molecule has 0 bridgehead atoms. The Labute approximate surface area is 143 Å². The SMILES string of the molecule is COc1ccc(CCNC(=O)/C(C)=C/c2ccccc2)c(OC)c1. The van der Waals surface area contributed by atoms with E-state index in [1.165, 1.54) is 0 Å². The van der Waals surface area contributed by atoms with E-state index >= 15 is 0 Å². The Bertz CT molecular complexity index is 708. The van der Waals surface area contributed by atoms with E-state index in [1.807, 2.05) is 61.5 Å². The zero-order valence-corrected chi connectivity index (χ0v) is 14.3. The molecule has 4 nitrogen and oxygen atoms in total. The van der Waals surface area contributed by atoms with Crippen LogP contribution in [0.5, 0.6) is 11.5 Å². The molecule has 0 aliphatic heterocycles. The van der Waals surface area contributed by atoms with Crippen LogP contribution in [0, 0.1) is 0 Å². The maximum Gasteiger partial charge on any atom is 0.246 e. The van der Waals surface area contributed by atoms with Crippen LogP contribution in [-0.2, 0) is 11.2 Å². The van der Waals surface area contributed by atoms with Gasteiger partial charge in [0.15, 0.2) is 0 Å². The van der Waals surface area contributed by atoms with Crippen molar-refractivity contribution in [1.82, 2.24) is 5.32 Å². The second kappa shape index (κ2) is 8.77. The Hall–Kier alpha value is -2.75. The van der Waals surface area contributed by atoms with Crippen molar-refractivity contribution in [3.8, 4) is 11.5 Å². The average Bonchev–Trinajstić information content (AvgIpc) is 2.62. The van der Waals surface area contributed by atoms with Crippen molar-refractivity contribution in [3.63, 3.8) is 0 Å². The van der Waals surface area contributed by atoms with Gasteiger partial charge in [-0.15, -0.1) is 0 Å². The summed E-state index contributed by atoms with van der Waals surface area (Å²) in [5, 5.41) is 2.94. The number of hydrogen-bond donors (Lipinski definition) is 1. The van der Waals surface area contributed by atoms with Crippen LogP contribution in [0.1, 0.15) is 18.1 Å². The molecule has 0 aliphatic rings. The highest BCUT2D eigenvalue weighted by molar-refractivity contribution is 5.97. The van der Waals surface area contributed by atoms with Crippen LogP contribution < -0.4 is 14.8 Å². The van der Waals surface area contributed by atoms with Crippen LogP contribution in [0.15, 0.2) is 54.1 Å². The summed E-state index contributed by atoms with van der Waals surface area (Å²) in [6, 6.07) is 15.5. The van der Waals surface area contributed by atoms with Gasteiger partial charge in [-0.1, -0.05) is 36.4 Å². The van der Waals surface area contributed by atoms with Crippen molar-refractivity contribution in [2.24, 2.45) is 0 Å². The van der Waals surface area contributed by atoms with E-state index in [2.05, 4.69) is 5.32 Å². The molecular formula is C20H23NO3. The van der Waals surface area contributed by atoms with E-state index in [0.717, 1.165) is 22.6 Å². The Kier molecular flexibility index (Phi) is 6.43. The minimum Gasteiger partial charge on any atom is -0.497 e. The van der Waals surface area contributed by atoms with Crippen LogP contribution >= 0.6 is 0 Å². The highest BCUT2D eigenvalue weighted by Gasteiger charge is 2.07. The van der Waals surface area contributed by atoms with Crippen LogP contribution in [0.2, 0.25) is 0 Å². The maximum atomic E-state index is 12.2. The quantitative estimate of drug-likeness (QED) is 0.793. The first-order valence-corrected chi connectivity index (χ1v) is 7.86. The van der Waals surface area contributed by atoms with E-state index < -0.39 is 0 Å². The van der Waals surface area contributed by atoms with E-state index in [-0.39, 0.29) is 5.91 Å². The number of methoxy groups -OCH3 is 2. The van der Waals surface area contributed by atoms with Crippen molar-refractivity contribution in [1.29, 1.82) is 0 Å². The largest absolute Gasteiger partial charge is 0.497 e. The lowest BCUT2D eigenvalue weighted by atomic mass is 10.1. The third-order valence-electron chi connectivity index (χ3n) is 3.72. The van der Waals surface area contributed by atoms with Gasteiger partial charge in [-0.25, -0.2) is 0 Å².